The molecule has 104 valence electrons. The molecule has 0 saturated carbocycles. The van der Waals surface area contributed by atoms with Gasteiger partial charge in [0.1, 0.15) is 0 Å². The zero-order chi connectivity index (χ0) is 13.4. The highest BCUT2D eigenvalue weighted by Gasteiger charge is 2.31. The highest BCUT2D eigenvalue weighted by atomic mass is 32.1. The molecule has 0 N–H and O–H groups in total. The summed E-state index contributed by atoms with van der Waals surface area (Å²) in [5.74, 6) is 1.38. The van der Waals surface area contributed by atoms with Gasteiger partial charge < -0.3 is 4.90 Å². The predicted molar refractivity (Wildman–Crippen MR) is 77.3 cm³/mol. The van der Waals surface area contributed by atoms with Crippen LogP contribution in [0.5, 0.6) is 0 Å². The molecule has 0 aromatic carbocycles. The quantitative estimate of drug-likeness (QED) is 0.791. The van der Waals surface area contributed by atoms with Crippen molar-refractivity contribution in [1.82, 2.24) is 9.88 Å². The zero-order valence-electron chi connectivity index (χ0n) is 11.8. The van der Waals surface area contributed by atoms with Gasteiger partial charge in [0.2, 0.25) is 5.91 Å². The summed E-state index contributed by atoms with van der Waals surface area (Å²) in [6.45, 7) is 6.27. The van der Waals surface area contributed by atoms with Gasteiger partial charge in [-0.05, 0) is 44.9 Å². The molecule has 2 heterocycles. The van der Waals surface area contributed by atoms with Crippen molar-refractivity contribution < 1.29 is 4.79 Å². The maximum absolute atomic E-state index is 12.6. The molecule has 3 nitrogen and oxygen atoms in total. The van der Waals surface area contributed by atoms with Crippen LogP contribution in [0.2, 0.25) is 0 Å². The van der Waals surface area contributed by atoms with E-state index in [-0.39, 0.29) is 5.92 Å². The lowest BCUT2D eigenvalue weighted by atomic mass is 9.89. The predicted octanol–water partition coefficient (Wildman–Crippen LogP) is 2.81. The van der Waals surface area contributed by atoms with Crippen molar-refractivity contribution in [2.75, 3.05) is 13.1 Å². The molecular weight excluding hydrogens is 256 g/mol. The fourth-order valence-corrected chi connectivity index (χ4v) is 4.26. The topological polar surface area (TPSA) is 33.2 Å². The van der Waals surface area contributed by atoms with Gasteiger partial charge in [0.25, 0.3) is 0 Å². The van der Waals surface area contributed by atoms with E-state index in [1.807, 2.05) is 0 Å². The molecule has 19 heavy (non-hydrogen) atoms. The van der Waals surface area contributed by atoms with Crippen LogP contribution in [0.3, 0.4) is 0 Å². The van der Waals surface area contributed by atoms with Gasteiger partial charge in [-0.1, -0.05) is 6.92 Å². The first-order chi connectivity index (χ1) is 9.13. The van der Waals surface area contributed by atoms with Crippen LogP contribution >= 0.6 is 11.3 Å². The van der Waals surface area contributed by atoms with Gasteiger partial charge in [0, 0.05) is 23.9 Å². The number of piperidine rings is 1. The van der Waals surface area contributed by atoms with E-state index in [9.17, 15) is 4.79 Å². The fourth-order valence-electron chi connectivity index (χ4n) is 3.20. The summed E-state index contributed by atoms with van der Waals surface area (Å²) in [4.78, 5) is 20.6. The number of nitrogens with zero attached hydrogens (tertiary/aromatic N) is 2. The molecule has 1 aromatic rings. The largest absolute Gasteiger partial charge is 0.342 e. The van der Waals surface area contributed by atoms with E-state index in [4.69, 9.17) is 0 Å². The summed E-state index contributed by atoms with van der Waals surface area (Å²) in [5, 5.41) is 1.14. The number of hydrogen-bond acceptors (Lipinski definition) is 3. The molecule has 1 amide bonds. The molecule has 0 bridgehead atoms. The second kappa shape index (κ2) is 5.23. The molecule has 3 rings (SSSR count). The molecule has 1 saturated heterocycles. The van der Waals surface area contributed by atoms with Gasteiger partial charge in [-0.3, -0.25) is 4.79 Å². The van der Waals surface area contributed by atoms with Crippen LogP contribution in [0.4, 0.5) is 0 Å². The molecule has 2 aliphatic rings. The van der Waals surface area contributed by atoms with Crippen LogP contribution in [0.25, 0.3) is 0 Å². The van der Waals surface area contributed by atoms with Gasteiger partial charge in [-0.2, -0.15) is 0 Å². The lowest BCUT2D eigenvalue weighted by Gasteiger charge is -2.34. The number of rotatable bonds is 1. The smallest absolute Gasteiger partial charge is 0.226 e. The first-order valence-electron chi connectivity index (χ1n) is 7.37. The molecule has 1 aliphatic carbocycles. The van der Waals surface area contributed by atoms with Crippen molar-refractivity contribution in [3.05, 3.63) is 15.6 Å². The maximum atomic E-state index is 12.6. The Hall–Kier alpha value is -0.900. The molecule has 0 radical (unpaired) electrons. The molecule has 1 aliphatic heterocycles. The third kappa shape index (κ3) is 2.69. The molecule has 1 fully saturated rings. The van der Waals surface area contributed by atoms with Gasteiger partial charge in [-0.15, -0.1) is 11.3 Å². The maximum Gasteiger partial charge on any atom is 0.226 e. The summed E-state index contributed by atoms with van der Waals surface area (Å²) in [6.07, 6.45) is 5.24. The van der Waals surface area contributed by atoms with Gasteiger partial charge in [0.15, 0.2) is 0 Å². The van der Waals surface area contributed by atoms with Gasteiger partial charge in [-0.25, -0.2) is 4.98 Å². The van der Waals surface area contributed by atoms with Crippen molar-refractivity contribution in [3.63, 3.8) is 0 Å². The Morgan fingerprint density at radius 1 is 1.32 bits per heavy atom. The first-order valence-corrected chi connectivity index (χ1v) is 8.19. The highest BCUT2D eigenvalue weighted by molar-refractivity contribution is 7.11. The summed E-state index contributed by atoms with van der Waals surface area (Å²) in [7, 11) is 0. The van der Waals surface area contributed by atoms with E-state index in [1.54, 1.807) is 11.3 Å². The standard InChI is InChI=1S/C15H22N2OS/c1-10-5-7-17(8-6-10)15(18)12-3-4-13-14(9-12)19-11(2)16-13/h10,12H,3-9H2,1-2H3. The van der Waals surface area contributed by atoms with Crippen LogP contribution in [-0.2, 0) is 17.6 Å². The zero-order valence-corrected chi connectivity index (χ0v) is 12.6. The van der Waals surface area contributed by atoms with E-state index in [1.165, 1.54) is 23.4 Å². The van der Waals surface area contributed by atoms with E-state index >= 15 is 0 Å². The second-order valence-electron chi connectivity index (χ2n) is 6.05. The molecule has 0 spiro atoms. The monoisotopic (exact) mass is 278 g/mol. The van der Waals surface area contributed by atoms with Crippen molar-refractivity contribution in [3.8, 4) is 0 Å². The fraction of sp³-hybridized carbons (Fsp3) is 0.733. The Balaban J connectivity index is 1.66. The van der Waals surface area contributed by atoms with Crippen molar-refractivity contribution in [1.29, 1.82) is 0 Å². The first kappa shape index (κ1) is 13.1. The van der Waals surface area contributed by atoms with Crippen LogP contribution in [-0.4, -0.2) is 28.9 Å². The lowest BCUT2D eigenvalue weighted by molar-refractivity contribution is -0.137. The minimum atomic E-state index is 0.209. The van der Waals surface area contributed by atoms with E-state index in [2.05, 4.69) is 23.7 Å². The lowest BCUT2D eigenvalue weighted by Crippen LogP contribution is -2.42. The number of carbonyl (C=O) groups is 1. The number of amides is 1. The highest BCUT2D eigenvalue weighted by Crippen LogP contribution is 2.31. The average Bonchev–Trinajstić information content (AvgIpc) is 2.77. The Kier molecular flexibility index (Phi) is 3.61. The van der Waals surface area contributed by atoms with Crippen LogP contribution in [0.1, 0.15) is 41.8 Å². The number of carbonyl (C=O) groups excluding carboxylic acids is 1. The molecule has 1 aromatic heterocycles. The summed E-state index contributed by atoms with van der Waals surface area (Å²) in [5.41, 5.74) is 1.25. The van der Waals surface area contributed by atoms with E-state index < -0.39 is 0 Å². The molecule has 1 unspecified atom stereocenters. The number of hydrogen-bond donors (Lipinski definition) is 0. The summed E-state index contributed by atoms with van der Waals surface area (Å²) >= 11 is 1.78. The number of likely N-dealkylation sites (tertiary alicyclic amines) is 1. The number of fused-ring (bicyclic) bond motifs is 1. The van der Waals surface area contributed by atoms with Crippen molar-refractivity contribution in [2.24, 2.45) is 11.8 Å². The van der Waals surface area contributed by atoms with Crippen molar-refractivity contribution >= 4 is 17.2 Å². The molecular formula is C15H22N2OS. The Bertz CT molecular complexity index is 474. The second-order valence-corrected chi connectivity index (χ2v) is 7.34. The normalized spacial score (nSPS) is 24.3. The minimum Gasteiger partial charge on any atom is -0.342 e. The number of thiazole rings is 1. The summed E-state index contributed by atoms with van der Waals surface area (Å²) in [6, 6.07) is 0. The van der Waals surface area contributed by atoms with Gasteiger partial charge in [0.05, 0.1) is 10.7 Å². The summed E-state index contributed by atoms with van der Waals surface area (Å²) < 4.78 is 0. The molecule has 4 heteroatoms. The van der Waals surface area contributed by atoms with Crippen LogP contribution < -0.4 is 0 Å². The van der Waals surface area contributed by atoms with E-state index in [0.717, 1.165) is 43.3 Å². The molecule has 1 atom stereocenters. The van der Waals surface area contributed by atoms with E-state index in [0.29, 0.717) is 5.91 Å². The van der Waals surface area contributed by atoms with Gasteiger partial charge >= 0.3 is 0 Å². The third-order valence-electron chi connectivity index (χ3n) is 4.49. The Labute approximate surface area is 119 Å². The third-order valence-corrected chi connectivity index (χ3v) is 5.53. The minimum absolute atomic E-state index is 0.209. The Morgan fingerprint density at radius 2 is 2.05 bits per heavy atom. The average molecular weight is 278 g/mol. The van der Waals surface area contributed by atoms with Crippen LogP contribution in [0, 0.1) is 18.8 Å². The number of aromatic nitrogens is 1. The SMILES string of the molecule is Cc1nc2c(s1)CC(C(=O)N1CCC(C)CC1)CC2. The Morgan fingerprint density at radius 3 is 2.79 bits per heavy atom. The number of aryl methyl sites for hydroxylation is 2. The van der Waals surface area contributed by atoms with Crippen molar-refractivity contribution in [2.45, 2.75) is 46.0 Å². The van der Waals surface area contributed by atoms with Crippen LogP contribution in [0.15, 0.2) is 0 Å².